The van der Waals surface area contributed by atoms with Crippen LogP contribution in [0.15, 0.2) is 11.6 Å². The van der Waals surface area contributed by atoms with Gasteiger partial charge < -0.3 is 25.5 Å². The quantitative estimate of drug-likeness (QED) is 0.330. The van der Waals surface area contributed by atoms with Crippen molar-refractivity contribution >= 4 is 5.78 Å². The maximum atomic E-state index is 15.1. The molecule has 42 heavy (non-hydrogen) atoms. The topological polar surface area (TPSA) is 118 Å². The Kier molecular flexibility index (Phi) is 5.95. The van der Waals surface area contributed by atoms with Crippen LogP contribution in [0.5, 0.6) is 0 Å². The van der Waals surface area contributed by atoms with Gasteiger partial charge in [-0.05, 0) is 124 Å². The SMILES string of the molecule is CC12CCC3CCC45CC(O)C(CO)(CC1)C3(C2)C4=CC(=O)C1C23CCCCC15CCC2C(C)(C(O)CO)C(O)CC3. The summed E-state index contributed by atoms with van der Waals surface area (Å²) in [5, 5.41) is 56.5. The molecule has 13 unspecified atom stereocenters. The van der Waals surface area contributed by atoms with Gasteiger partial charge in [-0.15, -0.1) is 0 Å². The minimum Gasteiger partial charge on any atom is -0.396 e. The van der Waals surface area contributed by atoms with E-state index in [1.807, 2.05) is 6.92 Å². The number of carbonyl (C=O) groups is 1. The van der Waals surface area contributed by atoms with E-state index in [2.05, 4.69) is 13.0 Å². The first-order chi connectivity index (χ1) is 20.0. The Morgan fingerprint density at radius 2 is 1.64 bits per heavy atom. The minimum absolute atomic E-state index is 0.0000879. The molecule has 5 N–H and O–H groups in total. The zero-order valence-corrected chi connectivity index (χ0v) is 25.9. The van der Waals surface area contributed by atoms with Crippen molar-refractivity contribution in [3.63, 3.8) is 0 Å². The lowest BCUT2D eigenvalue weighted by Gasteiger charge is -2.79. The van der Waals surface area contributed by atoms with Crippen molar-refractivity contribution < 1.29 is 30.3 Å². The third-order valence-corrected chi connectivity index (χ3v) is 16.9. The standard InChI is InChI=1S/C36H54O6/c1-30-11-5-22-6-13-34-18-27(41)35(21-38,16-15-30)36(22,20-30)25(34)17-23(39)29-32-9-3-4-10-33(29,34)14-7-24(32)31(2,28(42)19-37)26(40)8-12-32/h17,22,24,26-29,37-38,40-42H,3-16,18-21H2,1-2H3. The van der Waals surface area contributed by atoms with Crippen LogP contribution < -0.4 is 0 Å². The molecule has 0 aromatic rings. The Labute approximate surface area is 251 Å². The van der Waals surface area contributed by atoms with Gasteiger partial charge in [-0.3, -0.25) is 4.79 Å². The number of ketones is 1. The lowest BCUT2D eigenvalue weighted by atomic mass is 9.24. The number of carbonyl (C=O) groups excluding carboxylic acids is 1. The van der Waals surface area contributed by atoms with Gasteiger partial charge in [0.1, 0.15) is 0 Å². The molecule has 7 saturated carbocycles. The van der Waals surface area contributed by atoms with Crippen LogP contribution >= 0.6 is 0 Å². The van der Waals surface area contributed by atoms with Gasteiger partial charge in [0.05, 0.1) is 31.5 Å². The highest BCUT2D eigenvalue weighted by Crippen LogP contribution is 2.85. The van der Waals surface area contributed by atoms with Gasteiger partial charge in [0.25, 0.3) is 0 Å². The zero-order chi connectivity index (χ0) is 29.6. The van der Waals surface area contributed by atoms with E-state index in [1.54, 1.807) is 0 Å². The molecular weight excluding hydrogens is 528 g/mol. The van der Waals surface area contributed by atoms with Gasteiger partial charge in [0, 0.05) is 27.6 Å². The van der Waals surface area contributed by atoms with Gasteiger partial charge in [0.2, 0.25) is 0 Å². The molecule has 0 heterocycles. The molecule has 5 bridgehead atoms. The molecule has 0 aromatic carbocycles. The van der Waals surface area contributed by atoms with Crippen molar-refractivity contribution in [3.05, 3.63) is 11.6 Å². The van der Waals surface area contributed by atoms with Crippen LogP contribution in [0.25, 0.3) is 0 Å². The summed E-state index contributed by atoms with van der Waals surface area (Å²) in [5.41, 5.74) is -0.962. The molecule has 0 aromatic heterocycles. The van der Waals surface area contributed by atoms with E-state index in [1.165, 1.54) is 12.0 Å². The molecule has 6 nitrogen and oxygen atoms in total. The lowest BCUT2D eigenvalue weighted by molar-refractivity contribution is -0.282. The number of allylic oxidation sites excluding steroid dienone is 2. The molecule has 0 aliphatic heterocycles. The van der Waals surface area contributed by atoms with Crippen LogP contribution in [0.1, 0.15) is 117 Å². The highest BCUT2D eigenvalue weighted by Gasteiger charge is 2.81. The summed E-state index contributed by atoms with van der Waals surface area (Å²) >= 11 is 0. The van der Waals surface area contributed by atoms with Crippen molar-refractivity contribution in [2.45, 2.75) is 135 Å². The Balaban J connectivity index is 1.37. The van der Waals surface area contributed by atoms with Gasteiger partial charge in [-0.1, -0.05) is 32.3 Å². The number of aliphatic hydroxyl groups excluding tert-OH is 5. The molecule has 2 spiro atoms. The maximum absolute atomic E-state index is 15.1. The predicted octanol–water partition coefficient (Wildman–Crippen LogP) is 4.69. The Morgan fingerprint density at radius 1 is 0.881 bits per heavy atom. The van der Waals surface area contributed by atoms with E-state index in [0.717, 1.165) is 83.5 Å². The first-order valence-electron chi connectivity index (χ1n) is 17.5. The van der Waals surface area contributed by atoms with Crippen molar-refractivity contribution in [2.75, 3.05) is 13.2 Å². The first-order valence-corrected chi connectivity index (χ1v) is 17.5. The third-order valence-electron chi connectivity index (χ3n) is 16.9. The van der Waals surface area contributed by atoms with E-state index < -0.39 is 29.1 Å². The summed E-state index contributed by atoms with van der Waals surface area (Å²) in [6.07, 6.45) is 15.0. The minimum atomic E-state index is -1.02. The monoisotopic (exact) mass is 582 g/mol. The fraction of sp³-hybridized carbons (Fsp3) is 0.917. The molecule has 0 saturated heterocycles. The third kappa shape index (κ3) is 2.87. The summed E-state index contributed by atoms with van der Waals surface area (Å²) in [5.74, 6) is 0.472. The van der Waals surface area contributed by atoms with Crippen molar-refractivity contribution in [1.29, 1.82) is 0 Å². The lowest BCUT2D eigenvalue weighted by Crippen LogP contribution is -2.76. The van der Waals surface area contributed by atoms with Gasteiger partial charge in [-0.25, -0.2) is 0 Å². The maximum Gasteiger partial charge on any atom is 0.159 e. The number of hydrogen-bond acceptors (Lipinski definition) is 6. The van der Waals surface area contributed by atoms with Crippen molar-refractivity contribution in [2.24, 2.45) is 55.7 Å². The number of fused-ring (bicyclic) bond motifs is 1. The predicted molar refractivity (Wildman–Crippen MR) is 158 cm³/mol. The second-order valence-electron chi connectivity index (χ2n) is 17.5. The van der Waals surface area contributed by atoms with E-state index >= 15 is 4.79 Å². The largest absolute Gasteiger partial charge is 0.396 e. The molecule has 7 fully saturated rings. The molecule has 8 rings (SSSR count). The summed E-state index contributed by atoms with van der Waals surface area (Å²) in [6, 6.07) is 0. The fourth-order valence-electron chi connectivity index (χ4n) is 15.3. The highest BCUT2D eigenvalue weighted by atomic mass is 16.3. The summed E-state index contributed by atoms with van der Waals surface area (Å²) in [4.78, 5) is 15.1. The van der Waals surface area contributed by atoms with E-state index in [9.17, 15) is 25.5 Å². The van der Waals surface area contributed by atoms with Crippen LogP contribution in [0.4, 0.5) is 0 Å². The molecular formula is C36H54O6. The van der Waals surface area contributed by atoms with E-state index in [0.29, 0.717) is 18.8 Å². The fourth-order valence-corrected chi connectivity index (χ4v) is 15.3. The molecule has 13 atom stereocenters. The van der Waals surface area contributed by atoms with Crippen LogP contribution in [0, 0.1) is 55.7 Å². The molecule has 6 heteroatoms. The normalized spacial score (nSPS) is 58.5. The van der Waals surface area contributed by atoms with Gasteiger partial charge in [-0.2, -0.15) is 0 Å². The number of rotatable bonds is 3. The van der Waals surface area contributed by atoms with E-state index in [4.69, 9.17) is 0 Å². The van der Waals surface area contributed by atoms with Crippen LogP contribution in [0.2, 0.25) is 0 Å². The molecule has 8 aliphatic carbocycles. The molecule has 8 aliphatic rings. The number of hydrogen-bond donors (Lipinski definition) is 5. The average Bonchev–Trinajstić information content (AvgIpc) is 3.08. The van der Waals surface area contributed by atoms with Crippen molar-refractivity contribution in [3.8, 4) is 0 Å². The second-order valence-corrected chi connectivity index (χ2v) is 17.5. The smallest absolute Gasteiger partial charge is 0.159 e. The zero-order valence-electron chi connectivity index (χ0n) is 25.9. The Bertz CT molecular complexity index is 1210. The van der Waals surface area contributed by atoms with Crippen LogP contribution in [-0.2, 0) is 4.79 Å². The van der Waals surface area contributed by atoms with E-state index in [-0.39, 0.29) is 57.9 Å². The van der Waals surface area contributed by atoms with Crippen LogP contribution in [0.3, 0.4) is 0 Å². The Hall–Kier alpha value is -0.790. The second kappa shape index (κ2) is 8.72. The summed E-state index contributed by atoms with van der Waals surface area (Å²) in [6.45, 7) is 4.02. The molecule has 234 valence electrons. The highest BCUT2D eigenvalue weighted by molar-refractivity contribution is 5.96. The first kappa shape index (κ1) is 28.7. The summed E-state index contributed by atoms with van der Waals surface area (Å²) in [7, 11) is 0. The van der Waals surface area contributed by atoms with Crippen LogP contribution in [-0.4, -0.2) is 62.8 Å². The van der Waals surface area contributed by atoms with Crippen molar-refractivity contribution in [1.82, 2.24) is 0 Å². The Morgan fingerprint density at radius 3 is 2.40 bits per heavy atom. The average molecular weight is 583 g/mol. The molecule has 0 amide bonds. The van der Waals surface area contributed by atoms with Gasteiger partial charge >= 0.3 is 0 Å². The molecule has 0 radical (unpaired) electrons. The summed E-state index contributed by atoms with van der Waals surface area (Å²) < 4.78 is 0. The number of aliphatic hydroxyl groups is 5. The van der Waals surface area contributed by atoms with Gasteiger partial charge in [0.15, 0.2) is 5.78 Å².